The van der Waals surface area contributed by atoms with Crippen LogP contribution in [0.2, 0.25) is 0 Å². The van der Waals surface area contributed by atoms with Crippen molar-refractivity contribution < 1.29 is 19.4 Å². The van der Waals surface area contributed by atoms with Gasteiger partial charge >= 0.3 is 5.97 Å². The molecule has 0 aliphatic rings. The number of hydrogen-bond donors (Lipinski definition) is 2. The van der Waals surface area contributed by atoms with Crippen LogP contribution in [0.3, 0.4) is 0 Å². The van der Waals surface area contributed by atoms with Crippen LogP contribution in [-0.2, 0) is 0 Å². The van der Waals surface area contributed by atoms with Crippen molar-refractivity contribution in [1.29, 1.82) is 0 Å². The molecule has 0 saturated heterocycles. The molecular formula is C12H12O4. The first-order valence-electron chi connectivity index (χ1n) is 4.99. The van der Waals surface area contributed by atoms with E-state index < -0.39 is 5.97 Å². The summed E-state index contributed by atoms with van der Waals surface area (Å²) in [5, 5.41) is 19.0. The maximum atomic E-state index is 11.2. The van der Waals surface area contributed by atoms with E-state index in [1.165, 1.54) is 12.1 Å². The van der Waals surface area contributed by atoms with Crippen molar-refractivity contribution in [2.75, 3.05) is 0 Å². The molecule has 0 aliphatic carbocycles. The van der Waals surface area contributed by atoms with Gasteiger partial charge in [-0.1, -0.05) is 13.8 Å². The number of carbonyl (C=O) groups is 1. The first-order chi connectivity index (χ1) is 7.50. The third-order valence-electron chi connectivity index (χ3n) is 2.44. The second kappa shape index (κ2) is 3.56. The number of rotatable bonds is 2. The molecule has 0 saturated carbocycles. The molecule has 1 aromatic heterocycles. The van der Waals surface area contributed by atoms with Gasteiger partial charge in [0.05, 0.1) is 0 Å². The average molecular weight is 220 g/mol. The van der Waals surface area contributed by atoms with Gasteiger partial charge in [0, 0.05) is 17.4 Å². The molecule has 1 heterocycles. The highest BCUT2D eigenvalue weighted by Gasteiger charge is 2.22. The Kier molecular flexibility index (Phi) is 2.34. The SMILES string of the molecule is CC(C)c1oc2cc(O)ccc2c1C(=O)O. The Labute approximate surface area is 92.1 Å². The zero-order chi connectivity index (χ0) is 11.9. The van der Waals surface area contributed by atoms with Gasteiger partial charge in [0.25, 0.3) is 0 Å². The fraction of sp³-hybridized carbons (Fsp3) is 0.250. The Hall–Kier alpha value is -1.97. The number of aromatic carboxylic acids is 1. The molecule has 84 valence electrons. The number of benzene rings is 1. The van der Waals surface area contributed by atoms with Gasteiger partial charge in [0.1, 0.15) is 22.7 Å². The van der Waals surface area contributed by atoms with E-state index in [1.54, 1.807) is 6.07 Å². The minimum atomic E-state index is -1.01. The molecule has 0 aliphatic heterocycles. The number of phenols is 1. The molecular weight excluding hydrogens is 208 g/mol. The maximum absolute atomic E-state index is 11.2. The molecule has 4 nitrogen and oxygen atoms in total. The molecule has 0 unspecified atom stereocenters. The highest BCUT2D eigenvalue weighted by Crippen LogP contribution is 2.32. The van der Waals surface area contributed by atoms with Crippen molar-refractivity contribution in [3.05, 3.63) is 29.5 Å². The number of fused-ring (bicyclic) bond motifs is 1. The molecule has 16 heavy (non-hydrogen) atoms. The molecule has 0 fully saturated rings. The van der Waals surface area contributed by atoms with Crippen molar-refractivity contribution in [3.8, 4) is 5.75 Å². The zero-order valence-electron chi connectivity index (χ0n) is 9.02. The van der Waals surface area contributed by atoms with E-state index >= 15 is 0 Å². The van der Waals surface area contributed by atoms with Crippen LogP contribution in [0, 0.1) is 0 Å². The van der Waals surface area contributed by atoms with E-state index in [4.69, 9.17) is 9.52 Å². The predicted octanol–water partition coefficient (Wildman–Crippen LogP) is 2.96. The molecule has 4 heteroatoms. The molecule has 1 aromatic carbocycles. The molecule has 0 bridgehead atoms. The first kappa shape index (κ1) is 10.5. The summed E-state index contributed by atoms with van der Waals surface area (Å²) in [6.07, 6.45) is 0. The van der Waals surface area contributed by atoms with Crippen molar-refractivity contribution in [3.63, 3.8) is 0 Å². The summed E-state index contributed by atoms with van der Waals surface area (Å²) >= 11 is 0. The third kappa shape index (κ3) is 1.52. The lowest BCUT2D eigenvalue weighted by Crippen LogP contribution is -2.00. The van der Waals surface area contributed by atoms with E-state index in [-0.39, 0.29) is 17.2 Å². The van der Waals surface area contributed by atoms with Crippen molar-refractivity contribution in [2.24, 2.45) is 0 Å². The summed E-state index contributed by atoms with van der Waals surface area (Å²) in [4.78, 5) is 11.2. The van der Waals surface area contributed by atoms with Crippen molar-refractivity contribution >= 4 is 16.9 Å². The normalized spacial score (nSPS) is 11.2. The molecule has 2 N–H and O–H groups in total. The summed E-state index contributed by atoms with van der Waals surface area (Å²) in [6, 6.07) is 4.44. The Morgan fingerprint density at radius 1 is 1.38 bits per heavy atom. The van der Waals surface area contributed by atoms with Gasteiger partial charge in [-0.25, -0.2) is 4.79 Å². The summed E-state index contributed by atoms with van der Waals surface area (Å²) in [6.45, 7) is 3.73. The smallest absolute Gasteiger partial charge is 0.339 e. The van der Waals surface area contributed by atoms with Gasteiger partial charge in [-0.15, -0.1) is 0 Å². The van der Waals surface area contributed by atoms with Crippen LogP contribution >= 0.6 is 0 Å². The highest BCUT2D eigenvalue weighted by molar-refractivity contribution is 6.04. The molecule has 0 spiro atoms. The topological polar surface area (TPSA) is 70.7 Å². The lowest BCUT2D eigenvalue weighted by Gasteiger charge is -2.00. The second-order valence-electron chi connectivity index (χ2n) is 3.98. The van der Waals surface area contributed by atoms with E-state index in [2.05, 4.69) is 0 Å². The molecule has 2 aromatic rings. The van der Waals surface area contributed by atoms with Crippen molar-refractivity contribution in [1.82, 2.24) is 0 Å². The fourth-order valence-corrected chi connectivity index (χ4v) is 1.73. The predicted molar refractivity (Wildman–Crippen MR) is 58.9 cm³/mol. The minimum Gasteiger partial charge on any atom is -0.508 e. The quantitative estimate of drug-likeness (QED) is 0.816. The van der Waals surface area contributed by atoms with E-state index in [0.717, 1.165) is 0 Å². The third-order valence-corrected chi connectivity index (χ3v) is 2.44. The molecule has 0 amide bonds. The standard InChI is InChI=1S/C12H12O4/c1-6(2)11-10(12(14)15)8-4-3-7(13)5-9(8)16-11/h3-6,13H,1-2H3,(H,14,15). The summed E-state index contributed by atoms with van der Waals surface area (Å²) in [5.41, 5.74) is 0.589. The largest absolute Gasteiger partial charge is 0.508 e. The van der Waals surface area contributed by atoms with E-state index in [9.17, 15) is 9.90 Å². The Balaban J connectivity index is 2.81. The Bertz CT molecular complexity index is 551. The van der Waals surface area contributed by atoms with Gasteiger partial charge < -0.3 is 14.6 Å². The van der Waals surface area contributed by atoms with Gasteiger partial charge in [-0.3, -0.25) is 0 Å². The summed E-state index contributed by atoms with van der Waals surface area (Å²) in [5.74, 6) is -0.518. The first-order valence-corrected chi connectivity index (χ1v) is 4.99. The second-order valence-corrected chi connectivity index (χ2v) is 3.98. The summed E-state index contributed by atoms with van der Waals surface area (Å²) < 4.78 is 5.46. The number of carboxylic acid groups (broad SMARTS) is 1. The Morgan fingerprint density at radius 3 is 2.62 bits per heavy atom. The van der Waals surface area contributed by atoms with Crippen LogP contribution in [0.5, 0.6) is 5.75 Å². The number of phenolic OH excluding ortho intramolecular Hbond substituents is 1. The van der Waals surface area contributed by atoms with Crippen LogP contribution in [0.15, 0.2) is 22.6 Å². The highest BCUT2D eigenvalue weighted by atomic mass is 16.4. The van der Waals surface area contributed by atoms with Crippen LogP contribution in [-0.4, -0.2) is 16.2 Å². The summed E-state index contributed by atoms with van der Waals surface area (Å²) in [7, 11) is 0. The fourth-order valence-electron chi connectivity index (χ4n) is 1.73. The maximum Gasteiger partial charge on any atom is 0.339 e. The van der Waals surface area contributed by atoms with Crippen LogP contribution in [0.25, 0.3) is 11.0 Å². The zero-order valence-corrected chi connectivity index (χ0v) is 9.02. The number of hydrogen-bond acceptors (Lipinski definition) is 3. The Morgan fingerprint density at radius 2 is 2.06 bits per heavy atom. The minimum absolute atomic E-state index is 0.0133. The van der Waals surface area contributed by atoms with E-state index in [1.807, 2.05) is 13.8 Å². The van der Waals surface area contributed by atoms with E-state index in [0.29, 0.717) is 16.7 Å². The lowest BCUT2D eigenvalue weighted by molar-refractivity contribution is 0.0695. The number of aromatic hydroxyl groups is 1. The molecule has 0 atom stereocenters. The molecule has 2 rings (SSSR count). The van der Waals surface area contributed by atoms with Gasteiger partial charge in [-0.05, 0) is 12.1 Å². The molecule has 0 radical (unpaired) electrons. The van der Waals surface area contributed by atoms with Gasteiger partial charge in [-0.2, -0.15) is 0 Å². The van der Waals surface area contributed by atoms with Gasteiger partial charge in [0.15, 0.2) is 0 Å². The monoisotopic (exact) mass is 220 g/mol. The van der Waals surface area contributed by atoms with Crippen LogP contribution in [0.4, 0.5) is 0 Å². The van der Waals surface area contributed by atoms with Crippen LogP contribution < -0.4 is 0 Å². The average Bonchev–Trinajstić information content (AvgIpc) is 2.55. The number of carboxylic acids is 1. The van der Waals surface area contributed by atoms with Crippen LogP contribution in [0.1, 0.15) is 35.9 Å². The lowest BCUT2D eigenvalue weighted by atomic mass is 10.0. The van der Waals surface area contributed by atoms with Gasteiger partial charge in [0.2, 0.25) is 0 Å². The van der Waals surface area contributed by atoms with Crippen molar-refractivity contribution in [2.45, 2.75) is 19.8 Å². The number of furan rings is 1.